The van der Waals surface area contributed by atoms with Crippen LogP contribution in [0, 0.1) is 0 Å². The van der Waals surface area contributed by atoms with Gasteiger partial charge in [-0.3, -0.25) is 0 Å². The van der Waals surface area contributed by atoms with Crippen LogP contribution >= 0.6 is 15.9 Å². The molecule has 0 radical (unpaired) electrons. The van der Waals surface area contributed by atoms with Gasteiger partial charge in [-0.2, -0.15) is 0 Å². The van der Waals surface area contributed by atoms with Crippen LogP contribution in [-0.2, 0) is 6.54 Å². The zero-order chi connectivity index (χ0) is 10.3. The van der Waals surface area contributed by atoms with Gasteiger partial charge >= 0.3 is 0 Å². The molecule has 3 rings (SSSR count). The highest BCUT2D eigenvalue weighted by Gasteiger charge is 2.20. The molecule has 15 heavy (non-hydrogen) atoms. The molecular formula is C12H12BrNO. The molecule has 2 nitrogen and oxygen atoms in total. The summed E-state index contributed by atoms with van der Waals surface area (Å²) in [5.74, 6) is 1.02. The van der Waals surface area contributed by atoms with Crippen LogP contribution in [0.15, 0.2) is 33.2 Å². The maximum Gasteiger partial charge on any atom is 0.148 e. The molecule has 78 valence electrons. The normalized spacial score (nSPS) is 16.1. The number of furan rings is 1. The number of nitrogens with one attached hydrogen (secondary N) is 1. The molecule has 0 saturated heterocycles. The molecule has 1 fully saturated rings. The van der Waals surface area contributed by atoms with E-state index >= 15 is 0 Å². The molecule has 1 heterocycles. The molecule has 1 aliphatic rings. The van der Waals surface area contributed by atoms with Gasteiger partial charge in [0.25, 0.3) is 0 Å². The van der Waals surface area contributed by atoms with E-state index in [1.807, 2.05) is 12.1 Å². The summed E-state index contributed by atoms with van der Waals surface area (Å²) < 4.78 is 6.79. The third-order valence-electron chi connectivity index (χ3n) is 2.69. The molecule has 0 bridgehead atoms. The summed E-state index contributed by atoms with van der Waals surface area (Å²) >= 11 is 3.49. The molecule has 0 unspecified atom stereocenters. The maximum atomic E-state index is 5.77. The second-order valence-electron chi connectivity index (χ2n) is 4.03. The average Bonchev–Trinajstić information content (AvgIpc) is 2.95. The Morgan fingerprint density at radius 2 is 2.27 bits per heavy atom. The van der Waals surface area contributed by atoms with Crippen molar-refractivity contribution in [1.29, 1.82) is 0 Å². The standard InChI is InChI=1S/C12H12BrNO/c13-11-3-1-2-8-6-10(15-12(8)11)7-14-9-4-5-9/h1-3,6,9,14H,4-5,7H2. The van der Waals surface area contributed by atoms with Crippen LogP contribution in [0.25, 0.3) is 11.0 Å². The molecule has 0 atom stereocenters. The van der Waals surface area contributed by atoms with Crippen molar-refractivity contribution >= 4 is 26.9 Å². The van der Waals surface area contributed by atoms with Gasteiger partial charge in [0.05, 0.1) is 11.0 Å². The predicted molar refractivity (Wildman–Crippen MR) is 63.8 cm³/mol. The van der Waals surface area contributed by atoms with Crippen molar-refractivity contribution in [1.82, 2.24) is 5.32 Å². The second-order valence-corrected chi connectivity index (χ2v) is 4.88. The lowest BCUT2D eigenvalue weighted by atomic mass is 10.2. The Morgan fingerprint density at radius 3 is 3.00 bits per heavy atom. The smallest absolute Gasteiger partial charge is 0.148 e. The predicted octanol–water partition coefficient (Wildman–Crippen LogP) is 3.45. The van der Waals surface area contributed by atoms with Crippen molar-refractivity contribution in [2.75, 3.05) is 0 Å². The SMILES string of the molecule is Brc1cccc2cc(CNC3CC3)oc12. The number of benzene rings is 1. The highest BCUT2D eigenvalue weighted by Crippen LogP contribution is 2.27. The number of hydrogen-bond donors (Lipinski definition) is 1. The van der Waals surface area contributed by atoms with Gasteiger partial charge in [0, 0.05) is 11.4 Å². The van der Waals surface area contributed by atoms with Crippen LogP contribution in [0.3, 0.4) is 0 Å². The van der Waals surface area contributed by atoms with Gasteiger partial charge in [0.15, 0.2) is 0 Å². The molecule has 1 aliphatic carbocycles. The van der Waals surface area contributed by atoms with Crippen LogP contribution in [0.5, 0.6) is 0 Å². The highest BCUT2D eigenvalue weighted by molar-refractivity contribution is 9.10. The van der Waals surface area contributed by atoms with Crippen LogP contribution < -0.4 is 5.32 Å². The third-order valence-corrected chi connectivity index (χ3v) is 3.31. The molecule has 1 saturated carbocycles. The zero-order valence-corrected chi connectivity index (χ0v) is 9.88. The Hall–Kier alpha value is -0.800. The number of halogens is 1. The summed E-state index contributed by atoms with van der Waals surface area (Å²) in [5.41, 5.74) is 0.949. The first-order valence-electron chi connectivity index (χ1n) is 5.23. The van der Waals surface area contributed by atoms with Crippen molar-refractivity contribution in [2.24, 2.45) is 0 Å². The fourth-order valence-electron chi connectivity index (χ4n) is 1.70. The minimum Gasteiger partial charge on any atom is -0.459 e. The van der Waals surface area contributed by atoms with Crippen molar-refractivity contribution in [3.63, 3.8) is 0 Å². The summed E-state index contributed by atoms with van der Waals surface area (Å²) in [6.07, 6.45) is 2.62. The lowest BCUT2D eigenvalue weighted by molar-refractivity contribution is 0.511. The molecule has 3 heteroatoms. The van der Waals surface area contributed by atoms with Crippen LogP contribution in [0.1, 0.15) is 18.6 Å². The first-order chi connectivity index (χ1) is 7.33. The van der Waals surface area contributed by atoms with Crippen molar-refractivity contribution in [2.45, 2.75) is 25.4 Å². The maximum absolute atomic E-state index is 5.77. The summed E-state index contributed by atoms with van der Waals surface area (Å²) in [6.45, 7) is 0.839. The third kappa shape index (κ3) is 1.94. The number of rotatable bonds is 3. The first-order valence-corrected chi connectivity index (χ1v) is 6.02. The van der Waals surface area contributed by atoms with E-state index in [2.05, 4.69) is 33.4 Å². The van der Waals surface area contributed by atoms with Crippen LogP contribution in [-0.4, -0.2) is 6.04 Å². The van der Waals surface area contributed by atoms with Crippen LogP contribution in [0.4, 0.5) is 0 Å². The Morgan fingerprint density at radius 1 is 1.40 bits per heavy atom. The van der Waals surface area contributed by atoms with E-state index in [0.717, 1.165) is 33.8 Å². The van der Waals surface area contributed by atoms with Gasteiger partial charge in [-0.05, 0) is 40.9 Å². The van der Waals surface area contributed by atoms with E-state index in [-0.39, 0.29) is 0 Å². The second kappa shape index (κ2) is 3.65. The van der Waals surface area contributed by atoms with E-state index < -0.39 is 0 Å². The van der Waals surface area contributed by atoms with Gasteiger partial charge in [-0.25, -0.2) is 0 Å². The molecule has 1 N–H and O–H groups in total. The Balaban J connectivity index is 1.88. The molecular weight excluding hydrogens is 254 g/mol. The van der Waals surface area contributed by atoms with Gasteiger partial charge in [0.2, 0.25) is 0 Å². The average molecular weight is 266 g/mol. The van der Waals surface area contributed by atoms with Gasteiger partial charge in [0.1, 0.15) is 11.3 Å². The number of para-hydroxylation sites is 1. The summed E-state index contributed by atoms with van der Waals surface area (Å²) in [5, 5.41) is 4.61. The molecule has 0 amide bonds. The summed E-state index contributed by atoms with van der Waals surface area (Å²) in [4.78, 5) is 0. The van der Waals surface area contributed by atoms with E-state index in [9.17, 15) is 0 Å². The van der Waals surface area contributed by atoms with Crippen LogP contribution in [0.2, 0.25) is 0 Å². The summed E-state index contributed by atoms with van der Waals surface area (Å²) in [7, 11) is 0. The molecule has 1 aromatic heterocycles. The largest absolute Gasteiger partial charge is 0.459 e. The monoisotopic (exact) mass is 265 g/mol. The van der Waals surface area contributed by atoms with E-state index in [0.29, 0.717) is 0 Å². The van der Waals surface area contributed by atoms with Gasteiger partial charge < -0.3 is 9.73 Å². The molecule has 1 aromatic carbocycles. The van der Waals surface area contributed by atoms with E-state index in [1.165, 1.54) is 12.8 Å². The minimum atomic E-state index is 0.724. The van der Waals surface area contributed by atoms with E-state index in [4.69, 9.17) is 4.42 Å². The van der Waals surface area contributed by atoms with Crippen molar-refractivity contribution in [3.05, 3.63) is 34.5 Å². The zero-order valence-electron chi connectivity index (χ0n) is 8.29. The minimum absolute atomic E-state index is 0.724. The lowest BCUT2D eigenvalue weighted by Crippen LogP contribution is -2.14. The van der Waals surface area contributed by atoms with Gasteiger partial charge in [-0.1, -0.05) is 12.1 Å². The van der Waals surface area contributed by atoms with Crippen molar-refractivity contribution in [3.8, 4) is 0 Å². The van der Waals surface area contributed by atoms with Crippen molar-refractivity contribution < 1.29 is 4.42 Å². The molecule has 0 spiro atoms. The number of hydrogen-bond acceptors (Lipinski definition) is 2. The molecule has 0 aliphatic heterocycles. The Kier molecular flexibility index (Phi) is 2.29. The van der Waals surface area contributed by atoms with Gasteiger partial charge in [-0.15, -0.1) is 0 Å². The number of fused-ring (bicyclic) bond motifs is 1. The Bertz CT molecular complexity index is 487. The lowest BCUT2D eigenvalue weighted by Gasteiger charge is -1.97. The topological polar surface area (TPSA) is 25.2 Å². The Labute approximate surface area is 96.8 Å². The molecule has 2 aromatic rings. The fourth-order valence-corrected chi connectivity index (χ4v) is 2.16. The quantitative estimate of drug-likeness (QED) is 0.920. The van der Waals surface area contributed by atoms with E-state index in [1.54, 1.807) is 0 Å². The fraction of sp³-hybridized carbons (Fsp3) is 0.333. The summed E-state index contributed by atoms with van der Waals surface area (Å²) in [6, 6.07) is 8.94. The first kappa shape index (κ1) is 9.43. The highest BCUT2D eigenvalue weighted by atomic mass is 79.9.